The summed E-state index contributed by atoms with van der Waals surface area (Å²) >= 11 is 0. The number of rotatable bonds is 2. The number of aromatic amines is 1. The molecule has 0 radical (unpaired) electrons. The highest BCUT2D eigenvalue weighted by atomic mass is 19.4. The Morgan fingerprint density at radius 2 is 1.38 bits per heavy atom. The lowest BCUT2D eigenvalue weighted by atomic mass is 10.0. The standard InChI is InChI=1S/C15H10F3N3/c16-15(17,18)12-8-4-7-11(9-12)14-13(19-21-20-14)10-5-2-1-3-6-10/h1-9H,(H,19,20,21). The zero-order valence-electron chi connectivity index (χ0n) is 10.7. The number of nitrogens with one attached hydrogen (secondary N) is 1. The second-order valence-electron chi connectivity index (χ2n) is 4.47. The van der Waals surface area contributed by atoms with E-state index in [0.29, 0.717) is 17.0 Å². The molecule has 0 aliphatic rings. The monoisotopic (exact) mass is 289 g/mol. The Labute approximate surface area is 118 Å². The van der Waals surface area contributed by atoms with E-state index in [9.17, 15) is 13.2 Å². The molecule has 3 nitrogen and oxygen atoms in total. The average molecular weight is 289 g/mol. The maximum absolute atomic E-state index is 12.8. The van der Waals surface area contributed by atoms with Gasteiger partial charge in [0.25, 0.3) is 0 Å². The van der Waals surface area contributed by atoms with E-state index in [2.05, 4.69) is 15.4 Å². The molecule has 21 heavy (non-hydrogen) atoms. The molecular formula is C15H10F3N3. The van der Waals surface area contributed by atoms with E-state index in [4.69, 9.17) is 0 Å². The average Bonchev–Trinajstić information content (AvgIpc) is 2.97. The number of hydrogen-bond acceptors (Lipinski definition) is 2. The third-order valence-electron chi connectivity index (χ3n) is 3.06. The molecule has 3 aromatic rings. The van der Waals surface area contributed by atoms with Crippen LogP contribution >= 0.6 is 0 Å². The number of aromatic nitrogens is 3. The second kappa shape index (κ2) is 5.05. The van der Waals surface area contributed by atoms with Crippen LogP contribution < -0.4 is 0 Å². The van der Waals surface area contributed by atoms with E-state index in [-0.39, 0.29) is 0 Å². The van der Waals surface area contributed by atoms with E-state index in [1.54, 1.807) is 6.07 Å². The molecule has 0 amide bonds. The Morgan fingerprint density at radius 3 is 2.05 bits per heavy atom. The van der Waals surface area contributed by atoms with Crippen LogP contribution in [0.25, 0.3) is 22.5 Å². The van der Waals surface area contributed by atoms with E-state index >= 15 is 0 Å². The predicted octanol–water partition coefficient (Wildman–Crippen LogP) is 4.16. The largest absolute Gasteiger partial charge is 0.416 e. The summed E-state index contributed by atoms with van der Waals surface area (Å²) in [4.78, 5) is 0. The molecule has 0 saturated heterocycles. The zero-order chi connectivity index (χ0) is 14.9. The van der Waals surface area contributed by atoms with Crippen molar-refractivity contribution >= 4 is 0 Å². The van der Waals surface area contributed by atoms with Crippen molar-refractivity contribution in [2.45, 2.75) is 6.18 Å². The van der Waals surface area contributed by atoms with Crippen molar-refractivity contribution in [1.82, 2.24) is 15.4 Å². The third-order valence-corrected chi connectivity index (χ3v) is 3.06. The van der Waals surface area contributed by atoms with Gasteiger partial charge in [-0.05, 0) is 12.1 Å². The van der Waals surface area contributed by atoms with Gasteiger partial charge in [0.2, 0.25) is 0 Å². The lowest BCUT2D eigenvalue weighted by Gasteiger charge is -2.08. The summed E-state index contributed by atoms with van der Waals surface area (Å²) in [6.07, 6.45) is -4.38. The molecule has 0 saturated carbocycles. The van der Waals surface area contributed by atoms with Crippen molar-refractivity contribution < 1.29 is 13.2 Å². The van der Waals surface area contributed by atoms with Crippen LogP contribution in [-0.2, 0) is 6.18 Å². The van der Waals surface area contributed by atoms with Crippen LogP contribution in [0.5, 0.6) is 0 Å². The van der Waals surface area contributed by atoms with Crippen molar-refractivity contribution in [1.29, 1.82) is 0 Å². The third kappa shape index (κ3) is 2.65. The van der Waals surface area contributed by atoms with Crippen LogP contribution in [-0.4, -0.2) is 15.4 Å². The minimum absolute atomic E-state index is 0.373. The van der Waals surface area contributed by atoms with Crippen LogP contribution in [0.3, 0.4) is 0 Å². The smallest absolute Gasteiger partial charge is 0.197 e. The topological polar surface area (TPSA) is 41.6 Å². The summed E-state index contributed by atoms with van der Waals surface area (Å²) in [6.45, 7) is 0. The van der Waals surface area contributed by atoms with E-state index in [1.165, 1.54) is 6.07 Å². The first kappa shape index (κ1) is 13.4. The van der Waals surface area contributed by atoms with Crippen molar-refractivity contribution in [3.8, 4) is 22.5 Å². The van der Waals surface area contributed by atoms with Gasteiger partial charge in [0, 0.05) is 11.1 Å². The second-order valence-corrected chi connectivity index (χ2v) is 4.47. The summed E-state index contributed by atoms with van der Waals surface area (Å²) in [6, 6.07) is 14.2. The molecule has 0 atom stereocenters. The molecule has 0 aliphatic carbocycles. The Morgan fingerprint density at radius 1 is 0.762 bits per heavy atom. The highest BCUT2D eigenvalue weighted by Gasteiger charge is 2.30. The maximum Gasteiger partial charge on any atom is 0.416 e. The van der Waals surface area contributed by atoms with Gasteiger partial charge in [-0.2, -0.15) is 28.6 Å². The highest BCUT2D eigenvalue weighted by molar-refractivity contribution is 5.77. The van der Waals surface area contributed by atoms with Gasteiger partial charge in [-0.3, -0.25) is 0 Å². The molecular weight excluding hydrogens is 279 g/mol. The fraction of sp³-hybridized carbons (Fsp3) is 0.0667. The van der Waals surface area contributed by atoms with Gasteiger partial charge in [-0.25, -0.2) is 0 Å². The molecule has 0 bridgehead atoms. The molecule has 0 aliphatic heterocycles. The fourth-order valence-electron chi connectivity index (χ4n) is 2.07. The van der Waals surface area contributed by atoms with Crippen LogP contribution in [0.1, 0.15) is 5.56 Å². The molecule has 3 rings (SSSR count). The summed E-state index contributed by atoms with van der Waals surface area (Å²) in [5.41, 5.74) is 1.38. The molecule has 1 aromatic heterocycles. The Bertz CT molecular complexity index is 748. The predicted molar refractivity (Wildman–Crippen MR) is 72.3 cm³/mol. The minimum Gasteiger partial charge on any atom is -0.197 e. The summed E-state index contributed by atoms with van der Waals surface area (Å²) in [5, 5.41) is 10.5. The number of hydrogen-bond donors (Lipinski definition) is 1. The number of H-pyrrole nitrogens is 1. The molecule has 0 unspecified atom stereocenters. The van der Waals surface area contributed by atoms with Crippen molar-refractivity contribution in [3.63, 3.8) is 0 Å². The van der Waals surface area contributed by atoms with Crippen LogP contribution in [0, 0.1) is 0 Å². The SMILES string of the molecule is FC(F)(F)c1cccc(-c2n[nH]nc2-c2ccccc2)c1. The number of halogens is 3. The van der Waals surface area contributed by atoms with Crippen LogP contribution in [0.4, 0.5) is 13.2 Å². The molecule has 1 heterocycles. The van der Waals surface area contributed by atoms with Crippen molar-refractivity contribution in [2.24, 2.45) is 0 Å². The number of alkyl halides is 3. The summed E-state index contributed by atoms with van der Waals surface area (Å²) < 4.78 is 38.4. The van der Waals surface area contributed by atoms with Crippen molar-refractivity contribution in [3.05, 3.63) is 60.2 Å². The molecule has 6 heteroatoms. The van der Waals surface area contributed by atoms with Gasteiger partial charge in [-0.15, -0.1) is 0 Å². The van der Waals surface area contributed by atoms with Crippen LogP contribution in [0.2, 0.25) is 0 Å². The highest BCUT2D eigenvalue weighted by Crippen LogP contribution is 2.34. The Hall–Kier alpha value is -2.63. The van der Waals surface area contributed by atoms with Crippen LogP contribution in [0.15, 0.2) is 54.6 Å². The first-order valence-corrected chi connectivity index (χ1v) is 6.19. The lowest BCUT2D eigenvalue weighted by molar-refractivity contribution is -0.137. The summed E-state index contributed by atoms with van der Waals surface area (Å²) in [7, 11) is 0. The summed E-state index contributed by atoms with van der Waals surface area (Å²) in [5.74, 6) is 0. The van der Waals surface area contributed by atoms with Gasteiger partial charge >= 0.3 is 6.18 Å². The quantitative estimate of drug-likeness (QED) is 0.769. The number of benzene rings is 2. The van der Waals surface area contributed by atoms with Gasteiger partial charge in [0.15, 0.2) is 0 Å². The van der Waals surface area contributed by atoms with Gasteiger partial charge in [0.05, 0.1) is 5.56 Å². The van der Waals surface area contributed by atoms with E-state index < -0.39 is 11.7 Å². The molecule has 1 N–H and O–H groups in total. The Balaban J connectivity index is 2.09. The van der Waals surface area contributed by atoms with E-state index in [0.717, 1.165) is 17.7 Å². The molecule has 0 fully saturated rings. The molecule has 106 valence electrons. The number of nitrogens with zero attached hydrogens (tertiary/aromatic N) is 2. The molecule has 0 spiro atoms. The van der Waals surface area contributed by atoms with Crippen molar-refractivity contribution in [2.75, 3.05) is 0 Å². The molecule has 2 aromatic carbocycles. The van der Waals surface area contributed by atoms with Gasteiger partial charge < -0.3 is 0 Å². The normalized spacial score (nSPS) is 11.6. The first-order chi connectivity index (χ1) is 10.1. The van der Waals surface area contributed by atoms with Gasteiger partial charge in [-0.1, -0.05) is 42.5 Å². The lowest BCUT2D eigenvalue weighted by Crippen LogP contribution is -2.04. The van der Waals surface area contributed by atoms with E-state index in [1.807, 2.05) is 30.3 Å². The first-order valence-electron chi connectivity index (χ1n) is 6.19. The Kier molecular flexibility index (Phi) is 3.21. The zero-order valence-corrected chi connectivity index (χ0v) is 10.7. The fourth-order valence-corrected chi connectivity index (χ4v) is 2.07. The maximum atomic E-state index is 12.8. The van der Waals surface area contributed by atoms with Gasteiger partial charge in [0.1, 0.15) is 11.4 Å². The minimum atomic E-state index is -4.38.